The Balaban J connectivity index is 2.46. The van der Waals surface area contributed by atoms with Crippen LogP contribution >= 0.6 is 0 Å². The number of hydrogen-bond donors (Lipinski definition) is 1. The Kier molecular flexibility index (Phi) is 3.38. The number of ether oxygens (including phenoxy) is 1. The Morgan fingerprint density at radius 3 is 2.46 bits per heavy atom. The molecule has 0 heterocycles. The third-order valence-corrected chi connectivity index (χ3v) is 1.43. The van der Waals surface area contributed by atoms with E-state index in [-0.39, 0.29) is 0 Å². The molecule has 1 aromatic rings. The van der Waals surface area contributed by atoms with Crippen molar-refractivity contribution in [3.63, 3.8) is 0 Å². The lowest BCUT2D eigenvalue weighted by Crippen LogP contribution is -2.24. The van der Waals surface area contributed by atoms with Crippen molar-refractivity contribution in [1.82, 2.24) is 5.32 Å². The van der Waals surface area contributed by atoms with E-state index in [9.17, 15) is 0 Å². The van der Waals surface area contributed by atoms with Gasteiger partial charge < -0.3 is 10.1 Å². The molecule has 0 unspecified atom stereocenters. The summed E-state index contributed by atoms with van der Waals surface area (Å²) in [5.41, 5.74) is 0. The molecule has 1 aromatic carbocycles. The highest BCUT2D eigenvalue weighted by Crippen LogP contribution is 2.10. The van der Waals surface area contributed by atoms with Crippen molar-refractivity contribution in [2.75, 3.05) is 0 Å². The monoisotopic (exact) mass is 177 g/mol. The van der Waals surface area contributed by atoms with Crippen molar-refractivity contribution in [3.8, 4) is 5.75 Å². The Hall–Kier alpha value is -1.44. The second-order valence-corrected chi connectivity index (χ2v) is 3.14. The normalized spacial score (nSPS) is 9.77. The molecule has 0 saturated heterocycles. The van der Waals surface area contributed by atoms with Gasteiger partial charge in [-0.25, -0.2) is 0 Å². The number of benzene rings is 1. The molecule has 2 nitrogen and oxygen atoms in total. The summed E-state index contributed by atoms with van der Waals surface area (Å²) in [5, 5.41) is 3.07. The highest BCUT2D eigenvalue weighted by Gasteiger charge is 1.97. The van der Waals surface area contributed by atoms with E-state index in [1.54, 1.807) is 0 Å². The van der Waals surface area contributed by atoms with Crippen LogP contribution in [0, 0.1) is 0 Å². The van der Waals surface area contributed by atoms with Crippen LogP contribution in [0.3, 0.4) is 0 Å². The Bertz CT molecular complexity index is 267. The minimum Gasteiger partial charge on any atom is -0.442 e. The van der Waals surface area contributed by atoms with Crippen LogP contribution < -0.4 is 10.1 Å². The molecule has 0 aliphatic heterocycles. The molecule has 13 heavy (non-hydrogen) atoms. The topological polar surface area (TPSA) is 21.3 Å². The van der Waals surface area contributed by atoms with Gasteiger partial charge in [-0.15, -0.1) is 0 Å². The molecule has 0 aliphatic carbocycles. The van der Waals surface area contributed by atoms with E-state index in [0.717, 1.165) is 5.75 Å². The van der Waals surface area contributed by atoms with Crippen molar-refractivity contribution < 1.29 is 4.74 Å². The fourth-order valence-electron chi connectivity index (χ4n) is 0.982. The van der Waals surface area contributed by atoms with Crippen LogP contribution in [0.2, 0.25) is 0 Å². The molecule has 0 saturated carbocycles. The van der Waals surface area contributed by atoms with Gasteiger partial charge in [0.05, 0.1) is 0 Å². The van der Waals surface area contributed by atoms with Crippen LogP contribution in [0.15, 0.2) is 42.8 Å². The first-order chi connectivity index (χ1) is 6.18. The van der Waals surface area contributed by atoms with Crippen molar-refractivity contribution in [3.05, 3.63) is 42.8 Å². The third-order valence-electron chi connectivity index (χ3n) is 1.43. The van der Waals surface area contributed by atoms with Crippen LogP contribution in [-0.2, 0) is 0 Å². The van der Waals surface area contributed by atoms with Gasteiger partial charge in [-0.05, 0) is 32.6 Å². The van der Waals surface area contributed by atoms with Gasteiger partial charge >= 0.3 is 0 Å². The molecular formula is C11H15NO. The van der Waals surface area contributed by atoms with Crippen molar-refractivity contribution in [2.24, 2.45) is 0 Å². The molecule has 0 aromatic heterocycles. The van der Waals surface area contributed by atoms with Gasteiger partial charge in [0.1, 0.15) is 5.75 Å². The zero-order valence-corrected chi connectivity index (χ0v) is 8.08. The van der Waals surface area contributed by atoms with Crippen LogP contribution in [0.25, 0.3) is 0 Å². The van der Waals surface area contributed by atoms with Gasteiger partial charge in [-0.3, -0.25) is 0 Å². The third kappa shape index (κ3) is 3.65. The highest BCUT2D eigenvalue weighted by molar-refractivity contribution is 5.22. The molecule has 0 atom stereocenters. The standard InChI is InChI=1S/C11H15NO/c1-9(2)12-10(3)13-11-7-5-4-6-8-11/h4-9,12H,3H2,1-2H3. The maximum Gasteiger partial charge on any atom is 0.186 e. The average molecular weight is 177 g/mol. The SMILES string of the molecule is C=C(NC(C)C)Oc1ccccc1. The van der Waals surface area contributed by atoms with E-state index in [1.165, 1.54) is 0 Å². The zero-order valence-electron chi connectivity index (χ0n) is 8.08. The summed E-state index contributed by atoms with van der Waals surface area (Å²) in [6, 6.07) is 9.94. The van der Waals surface area contributed by atoms with Gasteiger partial charge in [0, 0.05) is 6.04 Å². The van der Waals surface area contributed by atoms with Crippen molar-refractivity contribution in [1.29, 1.82) is 0 Å². The number of hydrogen-bond acceptors (Lipinski definition) is 2. The summed E-state index contributed by atoms with van der Waals surface area (Å²) in [5.74, 6) is 1.39. The first-order valence-corrected chi connectivity index (χ1v) is 4.37. The molecule has 1 rings (SSSR count). The summed E-state index contributed by atoms with van der Waals surface area (Å²) in [6.45, 7) is 7.84. The fraction of sp³-hybridized carbons (Fsp3) is 0.273. The summed E-state index contributed by atoms with van der Waals surface area (Å²) >= 11 is 0. The van der Waals surface area contributed by atoms with Gasteiger partial charge in [-0.1, -0.05) is 18.2 Å². The van der Waals surface area contributed by atoms with E-state index < -0.39 is 0 Å². The molecule has 1 N–H and O–H groups in total. The predicted octanol–water partition coefficient (Wildman–Crippen LogP) is 2.53. The molecule has 0 bridgehead atoms. The van der Waals surface area contributed by atoms with E-state index in [0.29, 0.717) is 11.9 Å². The largest absolute Gasteiger partial charge is 0.442 e. The van der Waals surface area contributed by atoms with Crippen molar-refractivity contribution >= 4 is 0 Å². The lowest BCUT2D eigenvalue weighted by Gasteiger charge is -2.13. The quantitative estimate of drug-likeness (QED) is 0.713. The number of para-hydroxylation sites is 1. The maximum absolute atomic E-state index is 5.42. The Morgan fingerprint density at radius 1 is 1.31 bits per heavy atom. The minimum absolute atomic E-state index is 0.344. The second-order valence-electron chi connectivity index (χ2n) is 3.14. The summed E-state index contributed by atoms with van der Waals surface area (Å²) in [4.78, 5) is 0. The van der Waals surface area contributed by atoms with Gasteiger partial charge in [0.15, 0.2) is 5.88 Å². The molecule has 0 radical (unpaired) electrons. The first-order valence-electron chi connectivity index (χ1n) is 4.37. The molecule has 0 amide bonds. The first kappa shape index (κ1) is 9.65. The van der Waals surface area contributed by atoms with Crippen LogP contribution in [0.1, 0.15) is 13.8 Å². The number of rotatable bonds is 4. The zero-order chi connectivity index (χ0) is 9.68. The highest BCUT2D eigenvalue weighted by atomic mass is 16.5. The lowest BCUT2D eigenvalue weighted by molar-refractivity contribution is 0.369. The van der Waals surface area contributed by atoms with E-state index in [1.807, 2.05) is 44.2 Å². The molecule has 2 heteroatoms. The molecule has 70 valence electrons. The van der Waals surface area contributed by atoms with Crippen LogP contribution in [-0.4, -0.2) is 6.04 Å². The lowest BCUT2D eigenvalue weighted by atomic mass is 10.3. The molecular weight excluding hydrogens is 162 g/mol. The average Bonchev–Trinajstić information content (AvgIpc) is 2.04. The van der Waals surface area contributed by atoms with Gasteiger partial charge in [0.25, 0.3) is 0 Å². The van der Waals surface area contributed by atoms with E-state index in [4.69, 9.17) is 4.74 Å². The van der Waals surface area contributed by atoms with Gasteiger partial charge in [0.2, 0.25) is 0 Å². The molecule has 0 fully saturated rings. The van der Waals surface area contributed by atoms with Crippen molar-refractivity contribution in [2.45, 2.75) is 19.9 Å². The van der Waals surface area contributed by atoms with E-state index >= 15 is 0 Å². The predicted molar refractivity (Wildman–Crippen MR) is 54.5 cm³/mol. The van der Waals surface area contributed by atoms with E-state index in [2.05, 4.69) is 11.9 Å². The summed E-state index contributed by atoms with van der Waals surface area (Å²) in [6.07, 6.45) is 0. The minimum atomic E-state index is 0.344. The molecule has 0 aliphatic rings. The van der Waals surface area contributed by atoms with Crippen LogP contribution in [0.5, 0.6) is 5.75 Å². The smallest absolute Gasteiger partial charge is 0.186 e. The maximum atomic E-state index is 5.42. The van der Waals surface area contributed by atoms with Crippen LogP contribution in [0.4, 0.5) is 0 Å². The fourth-order valence-corrected chi connectivity index (χ4v) is 0.982. The second kappa shape index (κ2) is 4.55. The molecule has 0 spiro atoms. The number of nitrogens with one attached hydrogen (secondary N) is 1. The Morgan fingerprint density at radius 2 is 1.92 bits per heavy atom. The van der Waals surface area contributed by atoms with Gasteiger partial charge in [-0.2, -0.15) is 0 Å². The summed E-state index contributed by atoms with van der Waals surface area (Å²) < 4.78 is 5.42. The summed E-state index contributed by atoms with van der Waals surface area (Å²) in [7, 11) is 0. The Labute approximate surface area is 79.2 Å².